The van der Waals surface area contributed by atoms with Gasteiger partial charge in [0, 0.05) is 0 Å². The van der Waals surface area contributed by atoms with Gasteiger partial charge in [-0.05, 0) is 0 Å². The van der Waals surface area contributed by atoms with E-state index in [0.29, 0.717) is 0 Å². The van der Waals surface area contributed by atoms with Crippen LogP contribution in [0.3, 0.4) is 0 Å². The van der Waals surface area contributed by atoms with Crippen molar-refractivity contribution in [2.24, 2.45) is 0 Å². The quantitative estimate of drug-likeness (QED) is 0.154. The molecule has 48 heavy (non-hydrogen) atoms. The van der Waals surface area contributed by atoms with E-state index >= 15 is 0 Å². The van der Waals surface area contributed by atoms with Gasteiger partial charge >= 0.3 is 147 Å². The first-order valence-electron chi connectivity index (χ1n) is 15.6. The fraction of sp³-hybridized carbons (Fsp3) is 0.190. The molecule has 0 N–H and O–H groups in total. The van der Waals surface area contributed by atoms with Crippen molar-refractivity contribution < 1.29 is 82.3 Å². The molecule has 6 heteroatoms. The zero-order valence-electron chi connectivity index (χ0n) is 28.3. The van der Waals surface area contributed by atoms with Gasteiger partial charge in [0.2, 0.25) is 0 Å². The average molecular weight is 853 g/mol. The molecule has 0 bridgehead atoms. The molecule has 0 aliphatic rings. The van der Waals surface area contributed by atoms with E-state index < -0.39 is 0 Å². The molecule has 0 saturated carbocycles. The summed E-state index contributed by atoms with van der Waals surface area (Å²) in [6, 6.07) is 57.4. The normalized spacial score (nSPS) is 9.04. The fourth-order valence-electron chi connectivity index (χ4n) is 4.72. The molecule has 0 aromatic heterocycles. The van der Waals surface area contributed by atoms with Crippen molar-refractivity contribution in [1.82, 2.24) is 0 Å². The Morgan fingerprint density at radius 1 is 0.604 bits per heavy atom. The molecule has 0 amide bonds. The van der Waals surface area contributed by atoms with Crippen molar-refractivity contribution in [3.63, 3.8) is 0 Å². The molecule has 0 atom stereocenters. The van der Waals surface area contributed by atoms with Crippen LogP contribution in [0, 0.1) is 27.7 Å². The Labute approximate surface area is 339 Å². The van der Waals surface area contributed by atoms with Crippen molar-refractivity contribution in [2.75, 3.05) is 0 Å². The second-order valence-electron chi connectivity index (χ2n) is 11.0. The molecule has 0 unspecified atom stereocenters. The van der Waals surface area contributed by atoms with Crippen LogP contribution in [0.15, 0.2) is 158 Å². The Kier molecular flexibility index (Phi) is 29.3. The Hall–Kier alpha value is -1.70. The van der Waals surface area contributed by atoms with Gasteiger partial charge in [-0.1, -0.05) is 33.8 Å². The molecule has 0 spiro atoms. The maximum Gasteiger partial charge on any atom is -0.0809 e. The topological polar surface area (TPSA) is 0 Å². The Morgan fingerprint density at radius 2 is 1.10 bits per heavy atom. The third-order valence-corrected chi connectivity index (χ3v) is 13.1. The molecule has 0 heterocycles. The summed E-state index contributed by atoms with van der Waals surface area (Å²) in [5, 5.41) is 2.66. The largest absolute Gasteiger partial charge is 0.214 e. The number of halogens is 2. The van der Waals surface area contributed by atoms with E-state index in [9.17, 15) is 0 Å². The summed E-state index contributed by atoms with van der Waals surface area (Å²) in [4.78, 5) is 0. The van der Waals surface area contributed by atoms with E-state index in [1.165, 1.54) is 69.1 Å². The Bertz CT molecular complexity index is 1500. The van der Waals surface area contributed by atoms with Crippen LogP contribution in [-0.4, -0.2) is 5.43 Å². The van der Waals surface area contributed by atoms with Crippen molar-refractivity contribution in [3.05, 3.63) is 191 Å². The van der Waals surface area contributed by atoms with Crippen LogP contribution in [0.25, 0.3) is 10.8 Å². The van der Waals surface area contributed by atoms with E-state index in [0.717, 1.165) is 0 Å². The van der Waals surface area contributed by atoms with Crippen LogP contribution < -0.4 is 24.8 Å². The molecule has 0 radical (unpaired) electrons. The SMILES string of the molecule is Cc1c[c-](C)c(C)c1C.[Cl-].[Cl-].[Fe+2].[Fe+2].[Zr+2]=[Si](CCc1ccc[cH-]1)CCc1ccc[cH-]1.c1cc[cH-]c1.c1cc[cH-]c1.c1ccc2[cH-]ccc2c1. The van der Waals surface area contributed by atoms with Gasteiger partial charge in [-0.3, -0.25) is 0 Å². The van der Waals surface area contributed by atoms with E-state index in [1.54, 1.807) is 23.3 Å². The molecule has 0 nitrogen and oxygen atoms in total. The predicted octanol–water partition coefficient (Wildman–Crippen LogP) is 5.46. The smallest absolute Gasteiger partial charge is 0.0809 e. The zero-order chi connectivity index (χ0) is 31.4. The summed E-state index contributed by atoms with van der Waals surface area (Å²) in [7, 11) is 0. The van der Waals surface area contributed by atoms with E-state index in [4.69, 9.17) is 0 Å². The summed E-state index contributed by atoms with van der Waals surface area (Å²) in [6.45, 7) is 8.68. The number of hydrogen-bond acceptors (Lipinski definition) is 0. The number of hydrogen-bond donors (Lipinski definition) is 0. The number of rotatable bonds is 6. The van der Waals surface area contributed by atoms with Gasteiger partial charge in [-0.15, -0.1) is 29.7 Å². The standard InChI is InChI=1S/C14H16Si.C9H7.C9H13.2C5H5.2ClH.2Fe.Zr/c1-2-6-13(5-1)9-11-15-12-10-14-7-3-4-8-14;1-2-5-9-7-3-6-8(9)4-1;1-6-5-7(2)9(4)8(6)3;2*1-2-4-5-3-1;;;;;/h1-8H,9-12H2;1-7H;5H,1-4H3;2*1-5H;2*1H;;;/q-2;4*-1;;;3*+2/p-2. The van der Waals surface area contributed by atoms with Crippen LogP contribution in [0.2, 0.25) is 12.1 Å². The van der Waals surface area contributed by atoms with Gasteiger partial charge in [0.05, 0.1) is 0 Å². The third-order valence-electron chi connectivity index (χ3n) is 7.73. The van der Waals surface area contributed by atoms with Gasteiger partial charge in [0.25, 0.3) is 0 Å². The zero-order valence-corrected chi connectivity index (χ0v) is 35.5. The van der Waals surface area contributed by atoms with Crippen LogP contribution in [0.5, 0.6) is 0 Å². The summed E-state index contributed by atoms with van der Waals surface area (Å²) >= 11 is 1.80. The first-order valence-corrected chi connectivity index (χ1v) is 21.2. The first-order chi connectivity index (χ1) is 21.4. The van der Waals surface area contributed by atoms with Crippen LogP contribution in [0.4, 0.5) is 0 Å². The summed E-state index contributed by atoms with van der Waals surface area (Å²) in [6.07, 6.45) is 2.60. The number of aryl methyl sites for hydroxylation is 4. The first kappa shape index (κ1) is 48.4. The molecule has 7 aromatic rings. The van der Waals surface area contributed by atoms with E-state index in [-0.39, 0.29) is 64.4 Å². The minimum atomic E-state index is -0.0510. The minimum Gasteiger partial charge on any atom is -0.214 e. The summed E-state index contributed by atoms with van der Waals surface area (Å²) < 4.78 is 0. The van der Waals surface area contributed by atoms with Gasteiger partial charge in [0.1, 0.15) is 0 Å². The van der Waals surface area contributed by atoms with Crippen LogP contribution >= 0.6 is 0 Å². The van der Waals surface area contributed by atoms with Crippen molar-refractivity contribution >= 4 is 16.2 Å². The molecule has 0 aliphatic heterocycles. The molecule has 0 fully saturated rings. The molecule has 0 aliphatic carbocycles. The predicted molar refractivity (Wildman–Crippen MR) is 191 cm³/mol. The van der Waals surface area contributed by atoms with Crippen molar-refractivity contribution in [1.29, 1.82) is 0 Å². The minimum absolute atomic E-state index is 0. The summed E-state index contributed by atoms with van der Waals surface area (Å²) in [5.41, 5.74) is 8.75. The van der Waals surface area contributed by atoms with E-state index in [2.05, 4.69) is 125 Å². The van der Waals surface area contributed by atoms with Gasteiger partial charge in [-0.2, -0.15) is 82.2 Å². The summed E-state index contributed by atoms with van der Waals surface area (Å²) in [5.74, 6) is 0. The molecule has 7 aromatic carbocycles. The molecule has 254 valence electrons. The maximum atomic E-state index is 2.25. The van der Waals surface area contributed by atoms with Gasteiger partial charge in [-0.25, -0.2) is 24.3 Å². The second-order valence-corrected chi connectivity index (χ2v) is 18.5. The molecular formula is C42H46Cl2Fe2SiZr-2. The molecular weight excluding hydrogens is 806 g/mol. The van der Waals surface area contributed by atoms with Crippen LogP contribution in [-0.2, 0) is 70.3 Å². The third kappa shape index (κ3) is 19.5. The van der Waals surface area contributed by atoms with Gasteiger partial charge < -0.3 is 24.8 Å². The molecule has 7 rings (SSSR count). The van der Waals surface area contributed by atoms with Gasteiger partial charge in [0.15, 0.2) is 0 Å². The number of fused-ring (bicyclic) bond motifs is 1. The molecule has 0 saturated heterocycles. The van der Waals surface area contributed by atoms with E-state index in [1.807, 2.05) is 60.7 Å². The Morgan fingerprint density at radius 3 is 1.44 bits per heavy atom. The maximum absolute atomic E-state index is 2.25. The number of benzene rings is 1. The average Bonchev–Trinajstić information content (AvgIpc) is 3.89. The fourth-order valence-corrected chi connectivity index (χ4v) is 8.00. The van der Waals surface area contributed by atoms with Crippen molar-refractivity contribution in [3.8, 4) is 0 Å². The van der Waals surface area contributed by atoms with Crippen molar-refractivity contribution in [2.45, 2.75) is 52.6 Å². The monoisotopic (exact) mass is 850 g/mol. The second kappa shape index (κ2) is 29.1. The van der Waals surface area contributed by atoms with Crippen LogP contribution in [0.1, 0.15) is 33.4 Å². The Balaban J connectivity index is 0.